The van der Waals surface area contributed by atoms with Crippen molar-refractivity contribution < 1.29 is 14.0 Å². The number of aryl methyl sites for hydroxylation is 2. The summed E-state index contributed by atoms with van der Waals surface area (Å²) in [5.41, 5.74) is 1.35. The number of nitrogens with one attached hydrogen (secondary N) is 2. The average molecular weight is 272 g/mol. The molecule has 2 rings (SSSR count). The Morgan fingerprint density at radius 1 is 1.05 bits per heavy atom. The van der Waals surface area contributed by atoms with E-state index in [1.165, 1.54) is 0 Å². The number of furan rings is 1. The van der Waals surface area contributed by atoms with Crippen molar-refractivity contribution in [3.05, 3.63) is 53.0 Å². The van der Waals surface area contributed by atoms with E-state index in [2.05, 4.69) is 10.6 Å². The number of hydrogen-bond donors (Lipinski definition) is 2. The van der Waals surface area contributed by atoms with E-state index in [0.717, 1.165) is 0 Å². The van der Waals surface area contributed by atoms with E-state index >= 15 is 0 Å². The molecule has 0 spiro atoms. The summed E-state index contributed by atoms with van der Waals surface area (Å²) in [5, 5.41) is 5.28. The normalized spacial score (nSPS) is 10.2. The smallest absolute Gasteiger partial charge is 0.259 e. The monoisotopic (exact) mass is 272 g/mol. The number of benzene rings is 1. The van der Waals surface area contributed by atoms with Gasteiger partial charge in [-0.1, -0.05) is 12.1 Å². The van der Waals surface area contributed by atoms with Gasteiger partial charge in [-0.3, -0.25) is 9.59 Å². The van der Waals surface area contributed by atoms with Crippen LogP contribution in [-0.4, -0.2) is 18.9 Å². The molecule has 0 aliphatic heterocycles. The van der Waals surface area contributed by atoms with Crippen LogP contribution < -0.4 is 10.6 Å². The highest BCUT2D eigenvalue weighted by Gasteiger charge is 2.16. The van der Waals surface area contributed by atoms with Gasteiger partial charge in [0, 0.05) is 7.05 Å². The summed E-state index contributed by atoms with van der Waals surface area (Å²) in [6, 6.07) is 8.52. The molecule has 1 aromatic heterocycles. The van der Waals surface area contributed by atoms with E-state index in [1.807, 2.05) is 0 Å². The maximum atomic E-state index is 12.2. The quantitative estimate of drug-likeness (QED) is 0.901. The molecule has 0 radical (unpaired) electrons. The predicted molar refractivity (Wildman–Crippen MR) is 76.0 cm³/mol. The summed E-state index contributed by atoms with van der Waals surface area (Å²) >= 11 is 0. The third kappa shape index (κ3) is 2.71. The number of amides is 2. The fourth-order valence-corrected chi connectivity index (χ4v) is 1.97. The lowest BCUT2D eigenvalue weighted by molar-refractivity contribution is 0.0964. The number of para-hydroxylation sites is 1. The highest BCUT2D eigenvalue weighted by Crippen LogP contribution is 2.19. The molecule has 2 N–H and O–H groups in total. The predicted octanol–water partition coefficient (Wildman–Crippen LogP) is 2.51. The minimum atomic E-state index is -0.296. The van der Waals surface area contributed by atoms with E-state index in [0.29, 0.717) is 28.3 Å². The van der Waals surface area contributed by atoms with Crippen molar-refractivity contribution in [2.45, 2.75) is 13.8 Å². The maximum absolute atomic E-state index is 12.2. The standard InChI is InChI=1S/C15H16N2O3/c1-9-8-12(10(2)20-9)15(19)17-13-7-5-4-6-11(13)14(18)16-3/h4-8H,1-3H3,(H,16,18)(H,17,19). The molecule has 1 aromatic carbocycles. The highest BCUT2D eigenvalue weighted by atomic mass is 16.3. The highest BCUT2D eigenvalue weighted by molar-refractivity contribution is 6.09. The van der Waals surface area contributed by atoms with E-state index < -0.39 is 0 Å². The molecule has 5 nitrogen and oxygen atoms in total. The van der Waals surface area contributed by atoms with Gasteiger partial charge in [-0.15, -0.1) is 0 Å². The van der Waals surface area contributed by atoms with Crippen molar-refractivity contribution in [1.29, 1.82) is 0 Å². The molecule has 0 aliphatic rings. The van der Waals surface area contributed by atoms with Crippen molar-refractivity contribution in [3.8, 4) is 0 Å². The number of anilines is 1. The summed E-state index contributed by atoms with van der Waals surface area (Å²) in [4.78, 5) is 24.0. The van der Waals surface area contributed by atoms with E-state index in [9.17, 15) is 9.59 Å². The summed E-state index contributed by atoms with van der Waals surface area (Å²) in [6.45, 7) is 3.51. The van der Waals surface area contributed by atoms with Crippen LogP contribution in [0.3, 0.4) is 0 Å². The van der Waals surface area contributed by atoms with E-state index in [1.54, 1.807) is 51.2 Å². The van der Waals surface area contributed by atoms with Gasteiger partial charge in [0.25, 0.3) is 11.8 Å². The summed E-state index contributed by atoms with van der Waals surface area (Å²) in [5.74, 6) is 0.682. The Morgan fingerprint density at radius 3 is 2.35 bits per heavy atom. The van der Waals surface area contributed by atoms with E-state index in [4.69, 9.17) is 4.42 Å². The minimum Gasteiger partial charge on any atom is -0.466 e. The largest absolute Gasteiger partial charge is 0.466 e. The van der Waals surface area contributed by atoms with Crippen molar-refractivity contribution in [3.63, 3.8) is 0 Å². The minimum absolute atomic E-state index is 0.249. The van der Waals surface area contributed by atoms with E-state index in [-0.39, 0.29) is 11.8 Å². The number of carbonyl (C=O) groups is 2. The van der Waals surface area contributed by atoms with Crippen molar-refractivity contribution in [2.24, 2.45) is 0 Å². The van der Waals surface area contributed by atoms with Gasteiger partial charge in [0.2, 0.25) is 0 Å². The van der Waals surface area contributed by atoms with Gasteiger partial charge in [0.15, 0.2) is 0 Å². The Kier molecular flexibility index (Phi) is 3.89. The van der Waals surface area contributed by atoms with Crippen LogP contribution in [0.5, 0.6) is 0 Å². The molecular formula is C15H16N2O3. The van der Waals surface area contributed by atoms with Crippen molar-refractivity contribution in [2.75, 3.05) is 12.4 Å². The molecule has 2 amide bonds. The molecule has 0 aliphatic carbocycles. The van der Waals surface area contributed by atoms with Crippen molar-refractivity contribution >= 4 is 17.5 Å². The Labute approximate surface area is 117 Å². The van der Waals surface area contributed by atoms with Crippen LogP contribution in [0.25, 0.3) is 0 Å². The Morgan fingerprint density at radius 2 is 1.75 bits per heavy atom. The lowest BCUT2D eigenvalue weighted by atomic mass is 10.1. The first-order chi connectivity index (χ1) is 9.52. The third-order valence-electron chi connectivity index (χ3n) is 2.93. The van der Waals surface area contributed by atoms with Gasteiger partial charge in [-0.2, -0.15) is 0 Å². The molecule has 0 bridgehead atoms. The average Bonchev–Trinajstić information content (AvgIpc) is 2.77. The Balaban J connectivity index is 2.29. The molecule has 2 aromatic rings. The van der Waals surface area contributed by atoms with Gasteiger partial charge < -0.3 is 15.1 Å². The van der Waals surface area contributed by atoms with Gasteiger partial charge in [0.1, 0.15) is 11.5 Å². The fourth-order valence-electron chi connectivity index (χ4n) is 1.97. The van der Waals surface area contributed by atoms with Gasteiger partial charge in [-0.25, -0.2) is 0 Å². The molecule has 0 atom stereocenters. The molecular weight excluding hydrogens is 256 g/mol. The molecule has 20 heavy (non-hydrogen) atoms. The van der Waals surface area contributed by atoms with Gasteiger partial charge in [-0.05, 0) is 32.0 Å². The van der Waals surface area contributed by atoms with Gasteiger partial charge >= 0.3 is 0 Å². The van der Waals surface area contributed by atoms with Crippen LogP contribution in [0.15, 0.2) is 34.7 Å². The molecule has 104 valence electrons. The van der Waals surface area contributed by atoms with Crippen LogP contribution in [0.2, 0.25) is 0 Å². The first kappa shape index (κ1) is 13.9. The molecule has 0 fully saturated rings. The first-order valence-electron chi connectivity index (χ1n) is 6.22. The summed E-state index contributed by atoms with van der Waals surface area (Å²) in [7, 11) is 1.55. The molecule has 1 heterocycles. The van der Waals surface area contributed by atoms with Crippen LogP contribution >= 0.6 is 0 Å². The zero-order valence-corrected chi connectivity index (χ0v) is 11.6. The third-order valence-corrected chi connectivity index (χ3v) is 2.93. The molecule has 5 heteroatoms. The second kappa shape index (κ2) is 5.61. The fraction of sp³-hybridized carbons (Fsp3) is 0.200. The number of hydrogen-bond acceptors (Lipinski definition) is 3. The summed E-state index contributed by atoms with van der Waals surface area (Å²) in [6.07, 6.45) is 0. The molecule has 0 saturated heterocycles. The summed E-state index contributed by atoms with van der Waals surface area (Å²) < 4.78 is 5.33. The Bertz CT molecular complexity index is 659. The molecule has 0 unspecified atom stereocenters. The lowest BCUT2D eigenvalue weighted by Gasteiger charge is -2.09. The SMILES string of the molecule is CNC(=O)c1ccccc1NC(=O)c1cc(C)oc1C. The molecule has 0 saturated carbocycles. The van der Waals surface area contributed by atoms with Crippen LogP contribution in [0.1, 0.15) is 32.2 Å². The second-order valence-corrected chi connectivity index (χ2v) is 4.41. The number of rotatable bonds is 3. The first-order valence-corrected chi connectivity index (χ1v) is 6.22. The van der Waals surface area contributed by atoms with Crippen LogP contribution in [0.4, 0.5) is 5.69 Å². The zero-order chi connectivity index (χ0) is 14.7. The van der Waals surface area contributed by atoms with Crippen molar-refractivity contribution in [1.82, 2.24) is 5.32 Å². The second-order valence-electron chi connectivity index (χ2n) is 4.41. The topological polar surface area (TPSA) is 71.3 Å². The Hall–Kier alpha value is -2.56. The maximum Gasteiger partial charge on any atom is 0.259 e. The zero-order valence-electron chi connectivity index (χ0n) is 11.6. The lowest BCUT2D eigenvalue weighted by Crippen LogP contribution is -2.21. The van der Waals surface area contributed by atoms with Crippen LogP contribution in [-0.2, 0) is 0 Å². The van der Waals surface area contributed by atoms with Crippen LogP contribution in [0, 0.1) is 13.8 Å². The van der Waals surface area contributed by atoms with Gasteiger partial charge in [0.05, 0.1) is 16.8 Å². The number of carbonyl (C=O) groups excluding carboxylic acids is 2.